The summed E-state index contributed by atoms with van der Waals surface area (Å²) in [5.74, 6) is 0.594. The number of ether oxygens (including phenoxy) is 1. The van der Waals surface area contributed by atoms with E-state index in [9.17, 15) is 4.79 Å². The minimum absolute atomic E-state index is 0.00125. The van der Waals surface area contributed by atoms with E-state index in [1.54, 1.807) is 13.2 Å². The molecule has 3 heterocycles. The molecule has 2 aliphatic rings. The molecule has 1 aromatic carbocycles. The van der Waals surface area contributed by atoms with Crippen molar-refractivity contribution in [1.82, 2.24) is 30.0 Å². The van der Waals surface area contributed by atoms with Crippen LogP contribution in [0.3, 0.4) is 0 Å². The van der Waals surface area contributed by atoms with Crippen LogP contribution in [0.1, 0.15) is 32.1 Å². The van der Waals surface area contributed by atoms with Crippen molar-refractivity contribution in [2.75, 3.05) is 45.2 Å². The monoisotopic (exact) mass is 399 g/mol. The standard InChI is InChI=1S/C20H29N7O2/c1-29-19-13-16(5-6-18(19)27-15-21-23-24-27)22-20(28)14-25-11-7-17(8-12-25)26-9-3-2-4-10-26/h5-6,13,15,17H,2-4,7-12,14H2,1H3,(H,22,28). The average molecular weight is 399 g/mol. The highest BCUT2D eigenvalue weighted by Crippen LogP contribution is 2.26. The number of tetrazole rings is 1. The summed E-state index contributed by atoms with van der Waals surface area (Å²) < 4.78 is 6.95. The summed E-state index contributed by atoms with van der Waals surface area (Å²) in [4.78, 5) is 17.4. The first-order valence-corrected chi connectivity index (χ1v) is 10.4. The molecule has 0 radical (unpaired) electrons. The first-order valence-electron chi connectivity index (χ1n) is 10.4. The quantitative estimate of drug-likeness (QED) is 0.789. The normalized spacial score (nSPS) is 19.2. The molecule has 0 aliphatic carbocycles. The highest BCUT2D eigenvalue weighted by Gasteiger charge is 2.26. The van der Waals surface area contributed by atoms with E-state index in [-0.39, 0.29) is 5.91 Å². The van der Waals surface area contributed by atoms with Gasteiger partial charge in [-0.3, -0.25) is 9.69 Å². The maximum Gasteiger partial charge on any atom is 0.238 e. The van der Waals surface area contributed by atoms with Crippen molar-refractivity contribution >= 4 is 11.6 Å². The number of nitrogens with one attached hydrogen (secondary N) is 1. The Balaban J connectivity index is 1.29. The number of methoxy groups -OCH3 is 1. The highest BCUT2D eigenvalue weighted by atomic mass is 16.5. The van der Waals surface area contributed by atoms with Crippen LogP contribution < -0.4 is 10.1 Å². The zero-order valence-corrected chi connectivity index (χ0v) is 17.0. The predicted molar refractivity (Wildman–Crippen MR) is 109 cm³/mol. The molecule has 9 heteroatoms. The number of amides is 1. The Kier molecular flexibility index (Phi) is 6.36. The van der Waals surface area contributed by atoms with Gasteiger partial charge in [0.25, 0.3) is 0 Å². The van der Waals surface area contributed by atoms with E-state index >= 15 is 0 Å². The van der Waals surface area contributed by atoms with Crippen LogP contribution in [0, 0.1) is 0 Å². The topological polar surface area (TPSA) is 88.4 Å². The Morgan fingerprint density at radius 2 is 1.97 bits per heavy atom. The lowest BCUT2D eigenvalue weighted by atomic mass is 10.00. The van der Waals surface area contributed by atoms with Gasteiger partial charge in [-0.1, -0.05) is 6.42 Å². The van der Waals surface area contributed by atoms with Gasteiger partial charge in [0.15, 0.2) is 0 Å². The van der Waals surface area contributed by atoms with Crippen LogP contribution in [0.4, 0.5) is 5.69 Å². The van der Waals surface area contributed by atoms with Gasteiger partial charge in [0.2, 0.25) is 5.91 Å². The number of rotatable bonds is 6. The largest absolute Gasteiger partial charge is 0.494 e. The summed E-state index contributed by atoms with van der Waals surface area (Å²) in [5, 5.41) is 14.1. The second kappa shape index (κ2) is 9.32. The van der Waals surface area contributed by atoms with Crippen LogP contribution in [0.5, 0.6) is 5.75 Å². The van der Waals surface area contributed by atoms with Crippen molar-refractivity contribution in [3.8, 4) is 11.4 Å². The molecule has 156 valence electrons. The third kappa shape index (κ3) is 4.91. The lowest BCUT2D eigenvalue weighted by Gasteiger charge is -2.40. The molecule has 29 heavy (non-hydrogen) atoms. The van der Waals surface area contributed by atoms with E-state index in [4.69, 9.17) is 4.74 Å². The molecule has 1 aromatic heterocycles. The van der Waals surface area contributed by atoms with Crippen LogP contribution in [0.2, 0.25) is 0 Å². The van der Waals surface area contributed by atoms with E-state index < -0.39 is 0 Å². The number of anilines is 1. The molecular formula is C20H29N7O2. The Morgan fingerprint density at radius 3 is 2.66 bits per heavy atom. The van der Waals surface area contributed by atoms with Crippen molar-refractivity contribution < 1.29 is 9.53 Å². The van der Waals surface area contributed by atoms with Crippen LogP contribution in [-0.4, -0.2) is 81.8 Å². The summed E-state index contributed by atoms with van der Waals surface area (Å²) in [6, 6.07) is 6.14. The molecular weight excluding hydrogens is 370 g/mol. The molecule has 2 aromatic rings. The van der Waals surface area contributed by atoms with Crippen LogP contribution in [0.15, 0.2) is 24.5 Å². The smallest absolute Gasteiger partial charge is 0.238 e. The summed E-state index contributed by atoms with van der Waals surface area (Å²) in [6.45, 7) is 4.87. The van der Waals surface area contributed by atoms with Gasteiger partial charge in [0, 0.05) is 30.9 Å². The first kappa shape index (κ1) is 19.8. The number of aromatic nitrogens is 4. The zero-order chi connectivity index (χ0) is 20.1. The number of hydrogen-bond acceptors (Lipinski definition) is 7. The number of carbonyl (C=O) groups is 1. The Morgan fingerprint density at radius 1 is 1.17 bits per heavy atom. The number of hydrogen-bond donors (Lipinski definition) is 1. The van der Waals surface area contributed by atoms with Crippen molar-refractivity contribution in [2.24, 2.45) is 0 Å². The van der Waals surface area contributed by atoms with E-state index in [1.807, 2.05) is 12.1 Å². The van der Waals surface area contributed by atoms with Gasteiger partial charge in [-0.2, -0.15) is 4.68 Å². The molecule has 0 saturated carbocycles. The fourth-order valence-electron chi connectivity index (χ4n) is 4.35. The molecule has 9 nitrogen and oxygen atoms in total. The van der Waals surface area contributed by atoms with E-state index in [1.165, 1.54) is 43.4 Å². The molecule has 1 amide bonds. The fraction of sp³-hybridized carbons (Fsp3) is 0.600. The molecule has 4 rings (SSSR count). The molecule has 2 fully saturated rings. The zero-order valence-electron chi connectivity index (χ0n) is 17.0. The number of piperidine rings is 2. The van der Waals surface area contributed by atoms with Crippen molar-refractivity contribution in [3.05, 3.63) is 24.5 Å². The first-order chi connectivity index (χ1) is 14.2. The molecule has 1 N–H and O–H groups in total. The maximum atomic E-state index is 12.5. The number of likely N-dealkylation sites (tertiary alicyclic amines) is 2. The maximum absolute atomic E-state index is 12.5. The van der Waals surface area contributed by atoms with E-state index in [0.29, 0.717) is 24.0 Å². The van der Waals surface area contributed by atoms with Crippen molar-refractivity contribution in [1.29, 1.82) is 0 Å². The number of benzene rings is 1. The van der Waals surface area contributed by atoms with Gasteiger partial charge < -0.3 is 15.0 Å². The van der Waals surface area contributed by atoms with Crippen molar-refractivity contribution in [3.63, 3.8) is 0 Å². The van der Waals surface area contributed by atoms with Gasteiger partial charge in [0.05, 0.1) is 13.7 Å². The van der Waals surface area contributed by atoms with Crippen molar-refractivity contribution in [2.45, 2.75) is 38.1 Å². The molecule has 2 saturated heterocycles. The molecule has 0 unspecified atom stereocenters. The van der Waals surface area contributed by atoms with Gasteiger partial charge in [0.1, 0.15) is 17.8 Å². The lowest BCUT2D eigenvalue weighted by Crippen LogP contribution is -2.48. The summed E-state index contributed by atoms with van der Waals surface area (Å²) in [5.41, 5.74) is 1.42. The number of nitrogens with zero attached hydrogens (tertiary/aromatic N) is 6. The minimum Gasteiger partial charge on any atom is -0.494 e. The highest BCUT2D eigenvalue weighted by molar-refractivity contribution is 5.92. The average Bonchev–Trinajstić information content (AvgIpc) is 3.29. The molecule has 2 aliphatic heterocycles. The molecule has 0 atom stereocenters. The Labute approximate surface area is 171 Å². The van der Waals surface area contributed by atoms with Crippen LogP contribution in [0.25, 0.3) is 5.69 Å². The SMILES string of the molecule is COc1cc(NC(=O)CN2CCC(N3CCCCC3)CC2)ccc1-n1cnnn1. The number of carbonyl (C=O) groups excluding carboxylic acids is 1. The van der Waals surface area contributed by atoms with Crippen LogP contribution >= 0.6 is 0 Å². The van der Waals surface area contributed by atoms with Gasteiger partial charge in [-0.05, 0) is 61.3 Å². The summed E-state index contributed by atoms with van der Waals surface area (Å²) in [7, 11) is 1.58. The fourth-order valence-corrected chi connectivity index (χ4v) is 4.35. The molecule has 0 bridgehead atoms. The van der Waals surface area contributed by atoms with Crippen LogP contribution in [-0.2, 0) is 4.79 Å². The Hall–Kier alpha value is -2.52. The second-order valence-corrected chi connectivity index (χ2v) is 7.79. The van der Waals surface area contributed by atoms with Gasteiger partial charge in [-0.25, -0.2) is 0 Å². The Bertz CT molecular complexity index is 797. The van der Waals surface area contributed by atoms with E-state index in [2.05, 4.69) is 30.6 Å². The third-order valence-electron chi connectivity index (χ3n) is 5.89. The molecule has 0 spiro atoms. The minimum atomic E-state index is -0.00125. The van der Waals surface area contributed by atoms with E-state index in [0.717, 1.165) is 31.6 Å². The second-order valence-electron chi connectivity index (χ2n) is 7.79. The summed E-state index contributed by atoms with van der Waals surface area (Å²) >= 11 is 0. The predicted octanol–water partition coefficient (Wildman–Crippen LogP) is 1.56. The third-order valence-corrected chi connectivity index (χ3v) is 5.89. The van der Waals surface area contributed by atoms with Gasteiger partial charge in [-0.15, -0.1) is 5.10 Å². The van der Waals surface area contributed by atoms with Gasteiger partial charge >= 0.3 is 0 Å². The lowest BCUT2D eigenvalue weighted by molar-refractivity contribution is -0.117. The summed E-state index contributed by atoms with van der Waals surface area (Å²) in [6.07, 6.45) is 7.85.